The quantitative estimate of drug-likeness (QED) is 0.707. The Morgan fingerprint density at radius 2 is 1.78 bits per heavy atom. The smallest absolute Gasteiger partial charge is 0.172 e. The van der Waals surface area contributed by atoms with Gasteiger partial charge < -0.3 is 19.1 Å². The summed E-state index contributed by atoms with van der Waals surface area (Å²) in [5.74, 6) is 2.77. The Labute approximate surface area is 159 Å². The van der Waals surface area contributed by atoms with E-state index in [1.54, 1.807) is 0 Å². The van der Waals surface area contributed by atoms with Gasteiger partial charge in [-0.3, -0.25) is 0 Å². The molecule has 1 aliphatic heterocycles. The fourth-order valence-electron chi connectivity index (χ4n) is 3.64. The van der Waals surface area contributed by atoms with Crippen molar-refractivity contribution in [2.24, 2.45) is 7.05 Å². The first-order valence-corrected chi connectivity index (χ1v) is 9.36. The van der Waals surface area contributed by atoms with E-state index in [9.17, 15) is 0 Å². The number of nitrogens with zero attached hydrogens (tertiary/aromatic N) is 6. The van der Waals surface area contributed by atoms with Gasteiger partial charge in [-0.1, -0.05) is 12.1 Å². The molecular formula is C20H26N6O. The van der Waals surface area contributed by atoms with E-state index in [0.29, 0.717) is 6.54 Å². The molecule has 0 spiro atoms. The van der Waals surface area contributed by atoms with Crippen molar-refractivity contribution in [1.82, 2.24) is 19.5 Å². The molecule has 1 fully saturated rings. The lowest BCUT2D eigenvalue weighted by Crippen LogP contribution is -2.46. The first-order chi connectivity index (χ1) is 13.0. The fraction of sp³-hybridized carbons (Fsp3) is 0.450. The van der Waals surface area contributed by atoms with Gasteiger partial charge in [0.1, 0.15) is 5.82 Å². The minimum absolute atomic E-state index is 0.162. The number of para-hydroxylation sites is 2. The normalized spacial score (nSPS) is 20.2. The van der Waals surface area contributed by atoms with Gasteiger partial charge in [0.25, 0.3) is 0 Å². The largest absolute Gasteiger partial charge is 0.372 e. The molecule has 1 aliphatic rings. The number of ether oxygens (including phenoxy) is 1. The van der Waals surface area contributed by atoms with Crippen molar-refractivity contribution in [3.05, 3.63) is 42.5 Å². The second-order valence-electron chi connectivity index (χ2n) is 7.33. The first kappa shape index (κ1) is 17.7. The topological polar surface area (TPSA) is 59.3 Å². The molecule has 0 saturated carbocycles. The summed E-state index contributed by atoms with van der Waals surface area (Å²) in [7, 11) is 4.05. The summed E-state index contributed by atoms with van der Waals surface area (Å²) in [6.07, 6.45) is 4.10. The molecule has 0 radical (unpaired) electrons. The molecule has 0 N–H and O–H groups in total. The zero-order chi connectivity index (χ0) is 19.0. The van der Waals surface area contributed by atoms with Gasteiger partial charge in [0, 0.05) is 39.6 Å². The fourth-order valence-corrected chi connectivity index (χ4v) is 3.64. The van der Waals surface area contributed by atoms with Crippen molar-refractivity contribution >= 4 is 22.7 Å². The summed E-state index contributed by atoms with van der Waals surface area (Å²) in [5.41, 5.74) is 1.81. The van der Waals surface area contributed by atoms with Gasteiger partial charge in [-0.2, -0.15) is 0 Å². The van der Waals surface area contributed by atoms with Crippen LogP contribution < -0.4 is 9.80 Å². The van der Waals surface area contributed by atoms with E-state index in [-0.39, 0.29) is 12.2 Å². The molecule has 2 unspecified atom stereocenters. The summed E-state index contributed by atoms with van der Waals surface area (Å²) in [4.78, 5) is 18.8. The summed E-state index contributed by atoms with van der Waals surface area (Å²) in [6, 6.07) is 8.02. The Bertz CT molecular complexity index is 929. The molecule has 1 aromatic carbocycles. The van der Waals surface area contributed by atoms with E-state index >= 15 is 0 Å². The number of morpholine rings is 1. The van der Waals surface area contributed by atoms with Gasteiger partial charge in [-0.15, -0.1) is 0 Å². The van der Waals surface area contributed by atoms with E-state index in [2.05, 4.69) is 28.6 Å². The average Bonchev–Trinajstić information content (AvgIpc) is 3.04. The maximum atomic E-state index is 5.91. The number of rotatable bonds is 4. The summed E-state index contributed by atoms with van der Waals surface area (Å²) < 4.78 is 7.94. The first-order valence-electron chi connectivity index (χ1n) is 9.36. The molecule has 2 atom stereocenters. The minimum Gasteiger partial charge on any atom is -0.372 e. The van der Waals surface area contributed by atoms with Crippen LogP contribution in [0.4, 0.5) is 11.6 Å². The maximum absolute atomic E-state index is 5.91. The van der Waals surface area contributed by atoms with E-state index in [4.69, 9.17) is 14.7 Å². The Morgan fingerprint density at radius 3 is 2.41 bits per heavy atom. The molecule has 142 valence electrons. The number of benzene rings is 1. The highest BCUT2D eigenvalue weighted by Crippen LogP contribution is 2.30. The number of hydrogen-bond acceptors (Lipinski definition) is 6. The van der Waals surface area contributed by atoms with Crippen LogP contribution in [-0.4, -0.2) is 51.9 Å². The molecule has 3 aromatic rings. The average molecular weight is 366 g/mol. The molecule has 3 heterocycles. The van der Waals surface area contributed by atoms with Crippen molar-refractivity contribution in [3.63, 3.8) is 0 Å². The van der Waals surface area contributed by atoms with Crippen LogP contribution in [0.3, 0.4) is 0 Å². The summed E-state index contributed by atoms with van der Waals surface area (Å²) >= 11 is 0. The van der Waals surface area contributed by atoms with Gasteiger partial charge in [-0.05, 0) is 26.0 Å². The molecular weight excluding hydrogens is 340 g/mol. The van der Waals surface area contributed by atoms with Gasteiger partial charge >= 0.3 is 0 Å². The van der Waals surface area contributed by atoms with Crippen LogP contribution in [0, 0.1) is 0 Å². The summed E-state index contributed by atoms with van der Waals surface area (Å²) in [6.45, 7) is 6.49. The third kappa shape index (κ3) is 3.60. The van der Waals surface area contributed by atoms with Crippen LogP contribution in [0.2, 0.25) is 0 Å². The monoisotopic (exact) mass is 366 g/mol. The predicted octanol–water partition coefficient (Wildman–Crippen LogP) is 2.61. The second-order valence-corrected chi connectivity index (χ2v) is 7.33. The number of imidazole rings is 1. The van der Waals surface area contributed by atoms with Crippen LogP contribution in [-0.2, 0) is 18.3 Å². The lowest BCUT2D eigenvalue weighted by molar-refractivity contribution is -0.00542. The lowest BCUT2D eigenvalue weighted by Gasteiger charge is -2.37. The number of hydrogen-bond donors (Lipinski definition) is 0. The van der Waals surface area contributed by atoms with Crippen molar-refractivity contribution in [3.8, 4) is 0 Å². The highest BCUT2D eigenvalue weighted by molar-refractivity contribution is 5.80. The molecule has 7 heteroatoms. The van der Waals surface area contributed by atoms with Gasteiger partial charge in [0.2, 0.25) is 0 Å². The maximum Gasteiger partial charge on any atom is 0.172 e. The molecule has 7 nitrogen and oxygen atoms in total. The van der Waals surface area contributed by atoms with E-state index in [1.807, 2.05) is 55.3 Å². The molecule has 0 aliphatic carbocycles. The van der Waals surface area contributed by atoms with E-state index < -0.39 is 0 Å². The van der Waals surface area contributed by atoms with Crippen molar-refractivity contribution in [2.75, 3.05) is 29.9 Å². The van der Waals surface area contributed by atoms with Gasteiger partial charge in [0.15, 0.2) is 11.6 Å². The molecule has 2 aromatic heterocycles. The van der Waals surface area contributed by atoms with Crippen LogP contribution in [0.1, 0.15) is 19.7 Å². The van der Waals surface area contributed by atoms with Gasteiger partial charge in [0.05, 0.1) is 29.8 Å². The third-order valence-electron chi connectivity index (χ3n) is 4.91. The number of fused-ring (bicyclic) bond motifs is 1. The third-order valence-corrected chi connectivity index (χ3v) is 4.91. The van der Waals surface area contributed by atoms with E-state index in [0.717, 1.165) is 41.6 Å². The zero-order valence-electron chi connectivity index (χ0n) is 16.3. The Morgan fingerprint density at radius 1 is 1.11 bits per heavy atom. The molecule has 1 saturated heterocycles. The molecule has 0 amide bonds. The Hall–Kier alpha value is -2.67. The van der Waals surface area contributed by atoms with Crippen LogP contribution in [0.25, 0.3) is 11.0 Å². The van der Waals surface area contributed by atoms with Crippen molar-refractivity contribution < 1.29 is 4.74 Å². The number of aromatic nitrogens is 4. The highest BCUT2D eigenvalue weighted by atomic mass is 16.5. The summed E-state index contributed by atoms with van der Waals surface area (Å²) in [5, 5.41) is 0. The number of anilines is 2. The van der Waals surface area contributed by atoms with Gasteiger partial charge in [-0.25, -0.2) is 15.0 Å². The number of aryl methyl sites for hydroxylation is 1. The van der Waals surface area contributed by atoms with Crippen LogP contribution >= 0.6 is 0 Å². The van der Waals surface area contributed by atoms with Crippen LogP contribution in [0.15, 0.2) is 36.7 Å². The Balaban J connectivity index is 1.76. The molecule has 4 rings (SSSR count). The standard InChI is InChI=1S/C20H26N6O/c1-14-11-26(12-15(2)27-14)20-19(22-16-7-5-6-8-17(16)23-20)25(4)13-18-21-9-10-24(18)3/h5-10,14-15H,11-13H2,1-4H3. The van der Waals surface area contributed by atoms with Crippen molar-refractivity contribution in [1.29, 1.82) is 0 Å². The minimum atomic E-state index is 0.162. The van der Waals surface area contributed by atoms with E-state index in [1.165, 1.54) is 0 Å². The van der Waals surface area contributed by atoms with Crippen LogP contribution in [0.5, 0.6) is 0 Å². The second kappa shape index (κ2) is 7.15. The lowest BCUT2D eigenvalue weighted by atomic mass is 10.2. The highest BCUT2D eigenvalue weighted by Gasteiger charge is 2.27. The SMILES string of the molecule is CC1CN(c2nc3ccccc3nc2N(C)Cc2nccn2C)CC(C)O1. The Kier molecular flexibility index (Phi) is 4.70. The molecule has 0 bridgehead atoms. The van der Waals surface area contributed by atoms with Crippen molar-refractivity contribution in [2.45, 2.75) is 32.6 Å². The predicted molar refractivity (Wildman–Crippen MR) is 107 cm³/mol. The molecule has 27 heavy (non-hydrogen) atoms. The zero-order valence-corrected chi connectivity index (χ0v) is 16.3.